The third-order valence-electron chi connectivity index (χ3n) is 4.64. The average molecular weight is 324 g/mol. The number of urea groups is 1. The number of methoxy groups -OCH3 is 1. The van der Waals surface area contributed by atoms with Crippen molar-refractivity contribution in [2.24, 2.45) is 0 Å². The predicted octanol–water partition coefficient (Wildman–Crippen LogP) is 3.55. The van der Waals surface area contributed by atoms with E-state index in [1.165, 1.54) is 18.7 Å². The minimum Gasteiger partial charge on any atom is -0.494 e. The van der Waals surface area contributed by atoms with Crippen molar-refractivity contribution in [1.82, 2.24) is 10.6 Å². The maximum absolute atomic E-state index is 14.1. The Morgan fingerprint density at radius 3 is 2.79 bits per heavy atom. The fraction of sp³-hybridized carbons (Fsp3) is 0.211. The third kappa shape index (κ3) is 2.33. The van der Waals surface area contributed by atoms with Gasteiger partial charge in [0.05, 0.1) is 18.8 Å². The molecule has 2 amide bonds. The number of halogens is 1. The SMILES string of the molecule is COc1ccc(C2NC(=O)NC3=C2CCc2ccccc23)cc1F. The first-order chi connectivity index (χ1) is 11.7. The highest BCUT2D eigenvalue weighted by molar-refractivity contribution is 5.91. The van der Waals surface area contributed by atoms with E-state index in [9.17, 15) is 9.18 Å². The van der Waals surface area contributed by atoms with Crippen LogP contribution in [0, 0.1) is 5.82 Å². The Kier molecular flexibility index (Phi) is 3.49. The molecule has 0 radical (unpaired) electrons. The summed E-state index contributed by atoms with van der Waals surface area (Å²) in [5, 5.41) is 5.83. The summed E-state index contributed by atoms with van der Waals surface area (Å²) < 4.78 is 19.1. The fourth-order valence-electron chi connectivity index (χ4n) is 3.50. The van der Waals surface area contributed by atoms with Crippen LogP contribution in [0.2, 0.25) is 0 Å². The predicted molar refractivity (Wildman–Crippen MR) is 89.0 cm³/mol. The van der Waals surface area contributed by atoms with Gasteiger partial charge in [-0.3, -0.25) is 0 Å². The van der Waals surface area contributed by atoms with Crippen LogP contribution in [0.15, 0.2) is 48.0 Å². The number of nitrogens with one attached hydrogen (secondary N) is 2. The maximum atomic E-state index is 14.1. The number of rotatable bonds is 2. The van der Waals surface area contributed by atoms with Crippen LogP contribution in [0.4, 0.5) is 9.18 Å². The van der Waals surface area contributed by atoms with E-state index in [1.807, 2.05) is 18.2 Å². The molecule has 1 unspecified atom stereocenters. The summed E-state index contributed by atoms with van der Waals surface area (Å²) in [6.45, 7) is 0. The van der Waals surface area contributed by atoms with E-state index in [-0.39, 0.29) is 17.8 Å². The van der Waals surface area contributed by atoms with E-state index in [2.05, 4.69) is 16.7 Å². The Labute approximate surface area is 139 Å². The van der Waals surface area contributed by atoms with Gasteiger partial charge in [0.25, 0.3) is 0 Å². The number of carbonyl (C=O) groups is 1. The molecule has 2 aromatic rings. The summed E-state index contributed by atoms with van der Waals surface area (Å²) in [6.07, 6.45) is 1.72. The normalized spacial score (nSPS) is 19.1. The summed E-state index contributed by atoms with van der Waals surface area (Å²) in [4.78, 5) is 12.1. The van der Waals surface area contributed by atoms with E-state index >= 15 is 0 Å². The number of ether oxygens (including phenoxy) is 1. The third-order valence-corrected chi connectivity index (χ3v) is 4.64. The zero-order valence-corrected chi connectivity index (χ0v) is 13.2. The Morgan fingerprint density at radius 1 is 1.17 bits per heavy atom. The lowest BCUT2D eigenvalue weighted by molar-refractivity contribution is 0.240. The quantitative estimate of drug-likeness (QED) is 0.887. The number of aryl methyl sites for hydroxylation is 1. The summed E-state index contributed by atoms with van der Waals surface area (Å²) in [6, 6.07) is 12.3. The molecule has 2 aromatic carbocycles. The van der Waals surface area contributed by atoms with Gasteiger partial charge in [0, 0.05) is 5.56 Å². The topological polar surface area (TPSA) is 50.4 Å². The molecule has 24 heavy (non-hydrogen) atoms. The van der Waals surface area contributed by atoms with Crippen LogP contribution in [-0.4, -0.2) is 13.1 Å². The Morgan fingerprint density at radius 2 is 2.00 bits per heavy atom. The van der Waals surface area contributed by atoms with Crippen LogP contribution in [0.25, 0.3) is 5.70 Å². The van der Waals surface area contributed by atoms with E-state index in [0.29, 0.717) is 0 Å². The standard InChI is InChI=1S/C19H17FN2O2/c1-24-16-9-7-12(10-15(16)20)17-14-8-6-11-4-2-3-5-13(11)18(14)22-19(23)21-17/h2-5,7,9-10,17H,6,8H2,1H3,(H2,21,22,23). The molecule has 122 valence electrons. The zero-order chi connectivity index (χ0) is 16.7. The van der Waals surface area contributed by atoms with E-state index in [1.54, 1.807) is 12.1 Å². The van der Waals surface area contributed by atoms with Gasteiger partial charge in [-0.2, -0.15) is 0 Å². The minimum absolute atomic E-state index is 0.196. The van der Waals surface area contributed by atoms with Crippen LogP contribution in [0.5, 0.6) is 5.75 Å². The largest absolute Gasteiger partial charge is 0.494 e. The highest BCUT2D eigenvalue weighted by atomic mass is 19.1. The van der Waals surface area contributed by atoms with Gasteiger partial charge in [0.15, 0.2) is 11.6 Å². The molecule has 0 spiro atoms. The van der Waals surface area contributed by atoms with Gasteiger partial charge in [-0.25, -0.2) is 9.18 Å². The molecule has 0 bridgehead atoms. The Bertz CT molecular complexity index is 860. The lowest BCUT2D eigenvalue weighted by Gasteiger charge is -2.34. The first-order valence-corrected chi connectivity index (χ1v) is 7.89. The van der Waals surface area contributed by atoms with Crippen molar-refractivity contribution in [3.8, 4) is 5.75 Å². The monoisotopic (exact) mass is 324 g/mol. The first-order valence-electron chi connectivity index (χ1n) is 7.89. The molecule has 1 atom stereocenters. The van der Waals surface area contributed by atoms with E-state index in [4.69, 9.17) is 4.74 Å². The Balaban J connectivity index is 1.82. The molecule has 4 nitrogen and oxygen atoms in total. The van der Waals surface area contributed by atoms with Gasteiger partial charge in [0.1, 0.15) is 0 Å². The number of amides is 2. The molecule has 0 saturated heterocycles. The molecule has 0 saturated carbocycles. The average Bonchev–Trinajstić information content (AvgIpc) is 2.61. The number of hydrogen-bond donors (Lipinski definition) is 2. The molecule has 4 rings (SSSR count). The lowest BCUT2D eigenvalue weighted by Crippen LogP contribution is -2.44. The van der Waals surface area contributed by atoms with Crippen molar-refractivity contribution in [3.63, 3.8) is 0 Å². The van der Waals surface area contributed by atoms with Crippen LogP contribution in [-0.2, 0) is 6.42 Å². The van der Waals surface area contributed by atoms with Crippen LogP contribution in [0.3, 0.4) is 0 Å². The van der Waals surface area contributed by atoms with Crippen LogP contribution < -0.4 is 15.4 Å². The van der Waals surface area contributed by atoms with Gasteiger partial charge in [-0.05, 0) is 41.7 Å². The number of benzene rings is 2. The fourth-order valence-corrected chi connectivity index (χ4v) is 3.50. The van der Waals surface area contributed by atoms with Crippen molar-refractivity contribution < 1.29 is 13.9 Å². The summed E-state index contributed by atoms with van der Waals surface area (Å²) >= 11 is 0. The van der Waals surface area contributed by atoms with Gasteiger partial charge in [-0.1, -0.05) is 30.3 Å². The number of hydrogen-bond acceptors (Lipinski definition) is 2. The molecule has 0 fully saturated rings. The molecular formula is C19H17FN2O2. The van der Waals surface area contributed by atoms with E-state index in [0.717, 1.165) is 35.2 Å². The van der Waals surface area contributed by atoms with Crippen molar-refractivity contribution in [3.05, 3.63) is 70.5 Å². The lowest BCUT2D eigenvalue weighted by atomic mass is 9.83. The van der Waals surface area contributed by atoms with Crippen molar-refractivity contribution >= 4 is 11.7 Å². The highest BCUT2D eigenvalue weighted by Crippen LogP contribution is 2.39. The first kappa shape index (κ1) is 14.8. The number of fused-ring (bicyclic) bond motifs is 2. The number of carbonyl (C=O) groups excluding carboxylic acids is 1. The van der Waals surface area contributed by atoms with Gasteiger partial charge >= 0.3 is 6.03 Å². The van der Waals surface area contributed by atoms with Gasteiger partial charge in [0.2, 0.25) is 0 Å². The summed E-state index contributed by atoms with van der Waals surface area (Å²) in [5.41, 5.74) is 4.92. The van der Waals surface area contributed by atoms with E-state index < -0.39 is 5.82 Å². The molecule has 1 aliphatic carbocycles. The molecule has 2 N–H and O–H groups in total. The molecule has 0 aromatic heterocycles. The minimum atomic E-state index is -0.429. The summed E-state index contributed by atoms with van der Waals surface area (Å²) in [5.74, 6) is -0.233. The van der Waals surface area contributed by atoms with Crippen molar-refractivity contribution in [2.45, 2.75) is 18.9 Å². The molecule has 2 aliphatic rings. The second-order valence-electron chi connectivity index (χ2n) is 5.98. The molecule has 1 aliphatic heterocycles. The Hall–Kier alpha value is -2.82. The van der Waals surface area contributed by atoms with Gasteiger partial charge < -0.3 is 15.4 Å². The maximum Gasteiger partial charge on any atom is 0.319 e. The summed E-state index contributed by atoms with van der Waals surface area (Å²) in [7, 11) is 1.43. The van der Waals surface area contributed by atoms with Gasteiger partial charge in [-0.15, -0.1) is 0 Å². The molecule has 5 heteroatoms. The van der Waals surface area contributed by atoms with Crippen LogP contribution in [0.1, 0.15) is 29.2 Å². The smallest absolute Gasteiger partial charge is 0.319 e. The van der Waals surface area contributed by atoms with Crippen molar-refractivity contribution in [2.75, 3.05) is 7.11 Å². The zero-order valence-electron chi connectivity index (χ0n) is 13.2. The molecular weight excluding hydrogens is 307 g/mol. The molecule has 1 heterocycles. The second-order valence-corrected chi connectivity index (χ2v) is 5.98. The van der Waals surface area contributed by atoms with Crippen molar-refractivity contribution in [1.29, 1.82) is 0 Å². The highest BCUT2D eigenvalue weighted by Gasteiger charge is 2.32. The second kappa shape index (κ2) is 5.67. The van der Waals surface area contributed by atoms with Crippen LogP contribution >= 0.6 is 0 Å².